The van der Waals surface area contributed by atoms with Crippen molar-refractivity contribution in [3.8, 4) is 0 Å². The molecule has 9 atom stereocenters. The fourth-order valence-corrected chi connectivity index (χ4v) is 5.66. The smallest absolute Gasteiger partial charge is 0.305 e. The van der Waals surface area contributed by atoms with E-state index in [1.165, 1.54) is 38.5 Å². The minimum absolute atomic E-state index is 0.0146. The Kier molecular flexibility index (Phi) is 19.3. The van der Waals surface area contributed by atoms with Crippen molar-refractivity contribution in [3.05, 3.63) is 0 Å². The molecule has 2 saturated heterocycles. The van der Waals surface area contributed by atoms with Crippen LogP contribution in [0, 0.1) is 5.92 Å². The zero-order valence-corrected chi connectivity index (χ0v) is 25.6. The summed E-state index contributed by atoms with van der Waals surface area (Å²) in [6, 6.07) is 0. The highest BCUT2D eigenvalue weighted by Crippen LogP contribution is 2.22. The molecule has 0 saturated carbocycles. The molecule has 2 aliphatic rings. The Labute approximate surface area is 251 Å². The second-order valence-corrected chi connectivity index (χ2v) is 12.1. The van der Waals surface area contributed by atoms with Crippen LogP contribution in [0.25, 0.3) is 0 Å². The zero-order valence-electron chi connectivity index (χ0n) is 25.6. The van der Waals surface area contributed by atoms with E-state index in [-0.39, 0.29) is 32.8 Å². The van der Waals surface area contributed by atoms with Gasteiger partial charge < -0.3 is 49.6 Å². The van der Waals surface area contributed by atoms with Gasteiger partial charge >= 0.3 is 5.97 Å². The second-order valence-electron chi connectivity index (χ2n) is 12.1. The molecule has 0 aromatic carbocycles. The quantitative estimate of drug-likeness (QED) is 0.0700. The van der Waals surface area contributed by atoms with Gasteiger partial charge in [0.25, 0.3) is 0 Å². The van der Waals surface area contributed by atoms with E-state index >= 15 is 0 Å². The Bertz CT molecular complexity index is 696. The summed E-state index contributed by atoms with van der Waals surface area (Å²) in [6.07, 6.45) is 7.54. The highest BCUT2D eigenvalue weighted by Gasteiger charge is 2.40. The van der Waals surface area contributed by atoms with Gasteiger partial charge in [-0.2, -0.15) is 0 Å². The topological polar surface area (TPSA) is 175 Å². The lowest BCUT2D eigenvalue weighted by Gasteiger charge is -2.23. The van der Waals surface area contributed by atoms with Gasteiger partial charge in [0.15, 0.2) is 0 Å². The molecule has 2 rings (SSSR count). The third-order valence-corrected chi connectivity index (χ3v) is 8.41. The number of hydrogen-bond acceptors (Lipinski definition) is 11. The van der Waals surface area contributed by atoms with E-state index in [1.54, 1.807) is 0 Å². The number of hydrogen-bond donors (Lipinski definition) is 6. The van der Waals surface area contributed by atoms with E-state index in [4.69, 9.17) is 18.9 Å². The number of ether oxygens (including phenoxy) is 4. The molecule has 2 aliphatic heterocycles. The standard InChI is InChI=1S/C31H58O11/c1-2-3-4-5-6-8-11-14-22(17-39-18-25(34)30-28(37)23(32)19-41-30)15-12-9-7-10-13-16-27(36)40-21-26(35)31-29(38)24(33)20-42-31/h22-26,28-35,37-38H,2-21H2,1H3. The summed E-state index contributed by atoms with van der Waals surface area (Å²) < 4.78 is 21.4. The van der Waals surface area contributed by atoms with Gasteiger partial charge in [0, 0.05) is 13.0 Å². The van der Waals surface area contributed by atoms with Crippen molar-refractivity contribution in [2.45, 2.75) is 152 Å². The van der Waals surface area contributed by atoms with Crippen LogP contribution in [0.5, 0.6) is 0 Å². The first-order valence-electron chi connectivity index (χ1n) is 16.3. The Morgan fingerprint density at radius 2 is 1.17 bits per heavy atom. The lowest BCUT2D eigenvalue weighted by atomic mass is 9.94. The minimum atomic E-state index is -1.19. The molecular weight excluding hydrogens is 548 g/mol. The van der Waals surface area contributed by atoms with Crippen LogP contribution in [0.2, 0.25) is 0 Å². The summed E-state index contributed by atoms with van der Waals surface area (Å²) in [5.74, 6) is -0.0149. The molecular formula is C31H58O11. The highest BCUT2D eigenvalue weighted by molar-refractivity contribution is 5.69. The van der Waals surface area contributed by atoms with Gasteiger partial charge in [0.1, 0.15) is 55.4 Å². The molecule has 2 fully saturated rings. The normalized spacial score (nSPS) is 28.2. The molecule has 2 heterocycles. The van der Waals surface area contributed by atoms with E-state index in [1.807, 2.05) is 0 Å². The first kappa shape index (κ1) is 37.3. The van der Waals surface area contributed by atoms with Crippen LogP contribution in [0.1, 0.15) is 103 Å². The highest BCUT2D eigenvalue weighted by atomic mass is 16.6. The second kappa shape index (κ2) is 21.8. The third kappa shape index (κ3) is 14.3. The first-order chi connectivity index (χ1) is 20.2. The average Bonchev–Trinajstić information content (AvgIpc) is 3.49. The van der Waals surface area contributed by atoms with E-state index in [9.17, 15) is 35.4 Å². The maximum absolute atomic E-state index is 12.0. The van der Waals surface area contributed by atoms with Crippen LogP contribution in [0.4, 0.5) is 0 Å². The number of carbonyl (C=O) groups is 1. The number of rotatable bonds is 24. The van der Waals surface area contributed by atoms with Gasteiger partial charge in [-0.05, 0) is 25.2 Å². The molecule has 0 aliphatic carbocycles. The largest absolute Gasteiger partial charge is 0.463 e. The Balaban J connectivity index is 1.58. The number of esters is 1. The molecule has 0 aromatic rings. The van der Waals surface area contributed by atoms with Crippen molar-refractivity contribution >= 4 is 5.97 Å². The third-order valence-electron chi connectivity index (χ3n) is 8.41. The van der Waals surface area contributed by atoms with Crippen molar-refractivity contribution in [3.63, 3.8) is 0 Å². The molecule has 11 heteroatoms. The van der Waals surface area contributed by atoms with Crippen LogP contribution in [-0.4, -0.2) is 118 Å². The molecule has 11 nitrogen and oxygen atoms in total. The lowest BCUT2D eigenvalue weighted by Crippen LogP contribution is -2.41. The SMILES string of the molecule is CCCCCCCCCC(CCCCCCCC(=O)OCC(O)C1OCC(O)C1O)COCC(O)C1OCC(O)C1O. The maximum Gasteiger partial charge on any atom is 0.305 e. The summed E-state index contributed by atoms with van der Waals surface area (Å²) in [5, 5.41) is 59.2. The molecule has 9 unspecified atom stereocenters. The van der Waals surface area contributed by atoms with E-state index < -0.39 is 54.8 Å². The fourth-order valence-electron chi connectivity index (χ4n) is 5.66. The number of aliphatic hydroxyl groups is 6. The Morgan fingerprint density at radius 3 is 1.67 bits per heavy atom. The van der Waals surface area contributed by atoms with Crippen molar-refractivity contribution in [2.24, 2.45) is 5.92 Å². The van der Waals surface area contributed by atoms with Crippen LogP contribution >= 0.6 is 0 Å². The molecule has 0 bridgehead atoms. The van der Waals surface area contributed by atoms with Crippen LogP contribution in [0.3, 0.4) is 0 Å². The Hall–Kier alpha value is -0.890. The molecule has 0 radical (unpaired) electrons. The van der Waals surface area contributed by atoms with E-state index in [0.29, 0.717) is 18.9 Å². The summed E-state index contributed by atoms with van der Waals surface area (Å²) in [5.41, 5.74) is 0. The first-order valence-corrected chi connectivity index (χ1v) is 16.3. The molecule has 0 amide bonds. The number of aliphatic hydroxyl groups excluding tert-OH is 6. The molecule has 0 aromatic heterocycles. The molecule has 0 spiro atoms. The van der Waals surface area contributed by atoms with Crippen LogP contribution in [-0.2, 0) is 23.7 Å². The number of carbonyl (C=O) groups excluding carboxylic acids is 1. The van der Waals surface area contributed by atoms with Gasteiger partial charge in [0.2, 0.25) is 0 Å². The molecule has 6 N–H and O–H groups in total. The Morgan fingerprint density at radius 1 is 0.690 bits per heavy atom. The van der Waals surface area contributed by atoms with E-state index in [0.717, 1.165) is 44.9 Å². The number of unbranched alkanes of at least 4 members (excludes halogenated alkanes) is 10. The summed E-state index contributed by atoms with van der Waals surface area (Å²) in [4.78, 5) is 12.0. The average molecular weight is 607 g/mol. The summed E-state index contributed by atoms with van der Waals surface area (Å²) in [7, 11) is 0. The predicted molar refractivity (Wildman–Crippen MR) is 156 cm³/mol. The summed E-state index contributed by atoms with van der Waals surface area (Å²) >= 11 is 0. The fraction of sp³-hybridized carbons (Fsp3) is 0.968. The molecule has 42 heavy (non-hydrogen) atoms. The van der Waals surface area contributed by atoms with Crippen molar-refractivity contribution in [1.29, 1.82) is 0 Å². The predicted octanol–water partition coefficient (Wildman–Crippen LogP) is 2.00. The van der Waals surface area contributed by atoms with Crippen molar-refractivity contribution in [2.75, 3.05) is 33.0 Å². The molecule has 248 valence electrons. The lowest BCUT2D eigenvalue weighted by molar-refractivity contribution is -0.151. The monoisotopic (exact) mass is 606 g/mol. The van der Waals surface area contributed by atoms with Gasteiger partial charge in [-0.1, -0.05) is 77.6 Å². The van der Waals surface area contributed by atoms with Gasteiger partial charge in [-0.3, -0.25) is 4.79 Å². The zero-order chi connectivity index (χ0) is 30.7. The van der Waals surface area contributed by atoms with E-state index in [2.05, 4.69) is 6.92 Å². The van der Waals surface area contributed by atoms with Gasteiger partial charge in [-0.25, -0.2) is 0 Å². The van der Waals surface area contributed by atoms with Crippen LogP contribution < -0.4 is 0 Å². The van der Waals surface area contributed by atoms with Crippen LogP contribution in [0.15, 0.2) is 0 Å². The summed E-state index contributed by atoms with van der Waals surface area (Å²) in [6.45, 7) is 2.51. The van der Waals surface area contributed by atoms with Crippen molar-refractivity contribution in [1.82, 2.24) is 0 Å². The van der Waals surface area contributed by atoms with Gasteiger partial charge in [0.05, 0.1) is 19.8 Å². The van der Waals surface area contributed by atoms with Gasteiger partial charge in [-0.15, -0.1) is 0 Å². The maximum atomic E-state index is 12.0. The van der Waals surface area contributed by atoms with Crippen molar-refractivity contribution < 1.29 is 54.4 Å². The minimum Gasteiger partial charge on any atom is -0.463 e.